The summed E-state index contributed by atoms with van der Waals surface area (Å²) < 4.78 is 5.31. The number of benzene rings is 3. The summed E-state index contributed by atoms with van der Waals surface area (Å²) in [5.41, 5.74) is 3.31. The van der Waals surface area contributed by atoms with Gasteiger partial charge in [-0.3, -0.25) is 4.79 Å². The molecule has 1 atom stereocenters. The maximum Gasteiger partial charge on any atom is 0.407 e. The van der Waals surface area contributed by atoms with Gasteiger partial charge >= 0.3 is 6.09 Å². The summed E-state index contributed by atoms with van der Waals surface area (Å²) in [6.45, 7) is 10.1. The van der Waals surface area contributed by atoms with Crippen molar-refractivity contribution in [2.75, 3.05) is 16.8 Å². The van der Waals surface area contributed by atoms with Gasteiger partial charge in [-0.1, -0.05) is 36.4 Å². The molecule has 0 aliphatic heterocycles. The monoisotopic (exact) mass is 472 g/mol. The second-order valence-electron chi connectivity index (χ2n) is 9.59. The van der Waals surface area contributed by atoms with E-state index in [2.05, 4.69) is 41.0 Å². The van der Waals surface area contributed by atoms with E-state index in [0.717, 1.165) is 28.3 Å². The Kier molecular flexibility index (Phi) is 7.98. The third kappa shape index (κ3) is 6.73. The summed E-state index contributed by atoms with van der Waals surface area (Å²) >= 11 is 0. The minimum atomic E-state index is -0.588. The van der Waals surface area contributed by atoms with Crippen LogP contribution in [0.4, 0.5) is 16.2 Å². The summed E-state index contributed by atoms with van der Waals surface area (Å²) in [5.74, 6) is 0. The predicted octanol–water partition coefficient (Wildman–Crippen LogP) is 5.51. The highest BCUT2D eigenvalue weighted by molar-refractivity contribution is 5.89. The standard InChI is InChI=1S/C28H32N4O3/c1-19-10-12-22-8-6-7-9-23(22)24(19)17-32(18-33)26-13-11-21(15-29)14-25(26)30-16-20(2)31-27(34)35-28(3,4)5/h6-14,18,20,30H,16-17H2,1-5H3,(H,31,34). The van der Waals surface area contributed by atoms with Crippen molar-refractivity contribution in [2.45, 2.75) is 52.8 Å². The highest BCUT2D eigenvalue weighted by Gasteiger charge is 2.19. The molecule has 7 heteroatoms. The molecule has 0 aliphatic carbocycles. The van der Waals surface area contributed by atoms with Crippen LogP contribution in [0.1, 0.15) is 44.4 Å². The lowest BCUT2D eigenvalue weighted by molar-refractivity contribution is -0.107. The fraction of sp³-hybridized carbons (Fsp3) is 0.321. The first-order chi connectivity index (χ1) is 16.6. The first-order valence-corrected chi connectivity index (χ1v) is 11.6. The molecule has 0 spiro atoms. The van der Waals surface area contributed by atoms with Crippen LogP contribution in [0.5, 0.6) is 0 Å². The molecule has 3 aromatic carbocycles. The molecular weight excluding hydrogens is 440 g/mol. The van der Waals surface area contributed by atoms with Crippen molar-refractivity contribution in [3.05, 3.63) is 71.3 Å². The van der Waals surface area contributed by atoms with E-state index in [4.69, 9.17) is 4.74 Å². The molecule has 0 radical (unpaired) electrons. The fourth-order valence-corrected chi connectivity index (χ4v) is 3.82. The molecule has 3 rings (SSSR count). The fourth-order valence-electron chi connectivity index (χ4n) is 3.82. The number of rotatable bonds is 8. The van der Waals surface area contributed by atoms with Gasteiger partial charge in [0.15, 0.2) is 0 Å². The summed E-state index contributed by atoms with van der Waals surface area (Å²) in [7, 11) is 0. The number of aryl methyl sites for hydroxylation is 1. The van der Waals surface area contributed by atoms with Crippen LogP contribution in [0.3, 0.4) is 0 Å². The second kappa shape index (κ2) is 10.9. The maximum absolute atomic E-state index is 12.2. The average molecular weight is 473 g/mol. The second-order valence-corrected chi connectivity index (χ2v) is 9.59. The molecule has 0 fully saturated rings. The van der Waals surface area contributed by atoms with Crippen LogP contribution in [0, 0.1) is 18.3 Å². The van der Waals surface area contributed by atoms with Gasteiger partial charge in [0.05, 0.1) is 29.6 Å². The highest BCUT2D eigenvalue weighted by Crippen LogP contribution is 2.30. The summed E-state index contributed by atoms with van der Waals surface area (Å²) in [6.07, 6.45) is 0.301. The Morgan fingerprint density at radius 3 is 2.60 bits per heavy atom. The molecule has 7 nitrogen and oxygen atoms in total. The molecule has 2 N–H and O–H groups in total. The number of anilines is 2. The van der Waals surface area contributed by atoms with E-state index in [1.54, 1.807) is 43.9 Å². The summed E-state index contributed by atoms with van der Waals surface area (Å²) in [5, 5.41) is 17.7. The number of alkyl carbamates (subject to hydrolysis) is 1. The van der Waals surface area contributed by atoms with Crippen LogP contribution in [-0.4, -0.2) is 30.7 Å². The summed E-state index contributed by atoms with van der Waals surface area (Å²) in [4.78, 5) is 26.0. The topological polar surface area (TPSA) is 94.5 Å². The summed E-state index contributed by atoms with van der Waals surface area (Å²) in [6, 6.07) is 19.3. The normalized spacial score (nSPS) is 11.9. The number of carbonyl (C=O) groups is 2. The van der Waals surface area contributed by atoms with E-state index in [1.165, 1.54) is 0 Å². The van der Waals surface area contributed by atoms with Crippen molar-refractivity contribution in [2.24, 2.45) is 0 Å². The van der Waals surface area contributed by atoms with Gasteiger partial charge in [-0.25, -0.2) is 4.79 Å². The molecule has 0 heterocycles. The Hall–Kier alpha value is -4.05. The van der Waals surface area contributed by atoms with Gasteiger partial charge in [0.1, 0.15) is 5.60 Å². The highest BCUT2D eigenvalue weighted by atomic mass is 16.6. The zero-order valence-electron chi connectivity index (χ0n) is 20.9. The van der Waals surface area contributed by atoms with Gasteiger partial charge in [-0.05, 0) is 74.7 Å². The minimum absolute atomic E-state index is 0.256. The molecule has 35 heavy (non-hydrogen) atoms. The van der Waals surface area contributed by atoms with Gasteiger partial charge in [-0.2, -0.15) is 5.26 Å². The lowest BCUT2D eigenvalue weighted by atomic mass is 9.99. The molecule has 1 unspecified atom stereocenters. The smallest absolute Gasteiger partial charge is 0.407 e. The molecular formula is C28H32N4O3. The van der Waals surface area contributed by atoms with Gasteiger partial charge in [0.25, 0.3) is 0 Å². The number of ether oxygens (including phenoxy) is 1. The van der Waals surface area contributed by atoms with Gasteiger partial charge in [-0.15, -0.1) is 0 Å². The van der Waals surface area contributed by atoms with Crippen LogP contribution in [0.25, 0.3) is 10.8 Å². The molecule has 0 bridgehead atoms. The quantitative estimate of drug-likeness (QED) is 0.422. The van der Waals surface area contributed by atoms with Crippen molar-refractivity contribution in [1.82, 2.24) is 5.32 Å². The van der Waals surface area contributed by atoms with Gasteiger partial charge in [0.2, 0.25) is 6.41 Å². The Morgan fingerprint density at radius 1 is 1.17 bits per heavy atom. The van der Waals surface area contributed by atoms with Crippen molar-refractivity contribution in [3.63, 3.8) is 0 Å². The van der Waals surface area contributed by atoms with Crippen LogP contribution < -0.4 is 15.5 Å². The average Bonchev–Trinajstić information content (AvgIpc) is 2.81. The molecule has 0 saturated carbocycles. The van der Waals surface area contributed by atoms with Crippen molar-refractivity contribution >= 4 is 34.7 Å². The van der Waals surface area contributed by atoms with Crippen LogP contribution in [0.2, 0.25) is 0 Å². The zero-order chi connectivity index (χ0) is 25.6. The molecule has 0 aromatic heterocycles. The van der Waals surface area contributed by atoms with E-state index < -0.39 is 11.7 Å². The number of nitrogens with zero attached hydrogens (tertiary/aromatic N) is 2. The molecule has 3 aromatic rings. The third-order valence-corrected chi connectivity index (χ3v) is 5.53. The van der Waals surface area contributed by atoms with E-state index in [-0.39, 0.29) is 6.04 Å². The van der Waals surface area contributed by atoms with Crippen molar-refractivity contribution in [1.29, 1.82) is 5.26 Å². The number of carbonyl (C=O) groups excluding carboxylic acids is 2. The number of nitriles is 1. The van der Waals surface area contributed by atoms with Crippen LogP contribution >= 0.6 is 0 Å². The zero-order valence-corrected chi connectivity index (χ0v) is 20.9. The Labute approximate surface area is 206 Å². The number of hydrogen-bond acceptors (Lipinski definition) is 5. The number of nitrogens with one attached hydrogen (secondary N) is 2. The first-order valence-electron chi connectivity index (χ1n) is 11.6. The number of hydrogen-bond donors (Lipinski definition) is 2. The molecule has 182 valence electrons. The molecule has 0 aliphatic rings. The van der Waals surface area contributed by atoms with Gasteiger partial charge in [0, 0.05) is 12.6 Å². The van der Waals surface area contributed by atoms with E-state index in [0.29, 0.717) is 30.0 Å². The Balaban J connectivity index is 1.84. The largest absolute Gasteiger partial charge is 0.444 e. The molecule has 2 amide bonds. The number of fused-ring (bicyclic) bond motifs is 1. The van der Waals surface area contributed by atoms with E-state index in [9.17, 15) is 14.9 Å². The Morgan fingerprint density at radius 2 is 1.91 bits per heavy atom. The van der Waals surface area contributed by atoms with Crippen molar-refractivity contribution in [3.8, 4) is 6.07 Å². The number of amides is 2. The first kappa shape index (κ1) is 25.6. The Bertz CT molecular complexity index is 1260. The minimum Gasteiger partial charge on any atom is -0.444 e. The third-order valence-electron chi connectivity index (χ3n) is 5.53. The van der Waals surface area contributed by atoms with Gasteiger partial charge < -0.3 is 20.3 Å². The SMILES string of the molecule is Cc1ccc2ccccc2c1CN(C=O)c1ccc(C#N)cc1NCC(C)NC(=O)OC(C)(C)C. The lowest BCUT2D eigenvalue weighted by Crippen LogP contribution is -2.41. The van der Waals surface area contributed by atoms with E-state index >= 15 is 0 Å². The molecule has 0 saturated heterocycles. The van der Waals surface area contributed by atoms with Crippen LogP contribution in [0.15, 0.2) is 54.6 Å². The maximum atomic E-state index is 12.2. The van der Waals surface area contributed by atoms with E-state index in [1.807, 2.05) is 26.0 Å². The predicted molar refractivity (Wildman–Crippen MR) is 139 cm³/mol. The van der Waals surface area contributed by atoms with Crippen molar-refractivity contribution < 1.29 is 14.3 Å². The lowest BCUT2D eigenvalue weighted by Gasteiger charge is -2.25. The van der Waals surface area contributed by atoms with Crippen LogP contribution in [-0.2, 0) is 16.1 Å².